The second-order valence-electron chi connectivity index (χ2n) is 5.07. The summed E-state index contributed by atoms with van der Waals surface area (Å²) in [7, 11) is 0. The third kappa shape index (κ3) is 2.35. The van der Waals surface area contributed by atoms with Crippen molar-refractivity contribution in [1.82, 2.24) is 4.98 Å². The highest BCUT2D eigenvalue weighted by atomic mass is 14.7. The van der Waals surface area contributed by atoms with Crippen molar-refractivity contribution in [3.8, 4) is 22.4 Å². The lowest BCUT2D eigenvalue weighted by atomic mass is 9.99. The minimum atomic E-state index is 1.06. The van der Waals surface area contributed by atoms with Crippen molar-refractivity contribution >= 4 is 0 Å². The van der Waals surface area contributed by atoms with Crippen molar-refractivity contribution in [2.45, 2.75) is 13.8 Å². The van der Waals surface area contributed by atoms with Gasteiger partial charge in [0, 0.05) is 17.3 Å². The van der Waals surface area contributed by atoms with Crippen molar-refractivity contribution in [3.63, 3.8) is 0 Å². The van der Waals surface area contributed by atoms with E-state index in [1.54, 1.807) is 0 Å². The molecular formula is C19H17N. The highest BCUT2D eigenvalue weighted by Gasteiger charge is 2.07. The van der Waals surface area contributed by atoms with Crippen LogP contribution in [0, 0.1) is 13.8 Å². The molecule has 0 saturated carbocycles. The normalized spacial score (nSPS) is 10.5. The molecule has 1 nitrogen and oxygen atoms in total. The molecule has 3 aromatic rings. The molecule has 0 saturated heterocycles. The second kappa shape index (κ2) is 5.30. The molecule has 0 bridgehead atoms. The van der Waals surface area contributed by atoms with Crippen LogP contribution in [0.4, 0.5) is 0 Å². The molecule has 0 unspecified atom stereocenters. The summed E-state index contributed by atoms with van der Waals surface area (Å²) in [6.45, 7) is 4.26. The number of aryl methyl sites for hydroxylation is 2. The van der Waals surface area contributed by atoms with E-state index in [0.717, 1.165) is 5.69 Å². The lowest BCUT2D eigenvalue weighted by Crippen LogP contribution is -1.91. The van der Waals surface area contributed by atoms with E-state index in [4.69, 9.17) is 0 Å². The molecule has 0 atom stereocenters. The molecule has 0 fully saturated rings. The number of pyridine rings is 1. The number of rotatable bonds is 2. The maximum Gasteiger partial charge on any atom is 0.0731 e. The maximum atomic E-state index is 4.67. The van der Waals surface area contributed by atoms with Crippen molar-refractivity contribution in [1.29, 1.82) is 0 Å². The van der Waals surface area contributed by atoms with E-state index in [0.29, 0.717) is 0 Å². The van der Waals surface area contributed by atoms with Gasteiger partial charge in [-0.3, -0.25) is 4.98 Å². The standard InChI is InChI=1S/C19H17N/c1-14-8-6-7-11-18(14)17-12-15(2)19(20-13-17)16-9-4-3-5-10-16/h3-13H,1-2H3. The first-order valence-corrected chi connectivity index (χ1v) is 6.84. The highest BCUT2D eigenvalue weighted by molar-refractivity contribution is 5.71. The molecule has 2 aromatic carbocycles. The summed E-state index contributed by atoms with van der Waals surface area (Å²) >= 11 is 0. The van der Waals surface area contributed by atoms with E-state index >= 15 is 0 Å². The Labute approximate surface area is 119 Å². The minimum absolute atomic E-state index is 1.06. The van der Waals surface area contributed by atoms with Crippen molar-refractivity contribution in [3.05, 3.63) is 78.0 Å². The van der Waals surface area contributed by atoms with Gasteiger partial charge in [0.05, 0.1) is 5.69 Å². The average molecular weight is 259 g/mol. The molecule has 1 aromatic heterocycles. The predicted octanol–water partition coefficient (Wildman–Crippen LogP) is 5.03. The van der Waals surface area contributed by atoms with Crippen LogP contribution in [0.15, 0.2) is 66.9 Å². The van der Waals surface area contributed by atoms with Crippen LogP contribution in [0.1, 0.15) is 11.1 Å². The third-order valence-electron chi connectivity index (χ3n) is 3.58. The van der Waals surface area contributed by atoms with Crippen LogP contribution in [0.2, 0.25) is 0 Å². The summed E-state index contributed by atoms with van der Waals surface area (Å²) in [5.41, 5.74) is 7.14. The number of hydrogen-bond donors (Lipinski definition) is 0. The Balaban J connectivity index is 2.07. The van der Waals surface area contributed by atoms with Gasteiger partial charge in [-0.15, -0.1) is 0 Å². The Morgan fingerprint density at radius 3 is 2.10 bits per heavy atom. The molecular weight excluding hydrogens is 242 g/mol. The Hall–Kier alpha value is -2.41. The first kappa shape index (κ1) is 12.6. The van der Waals surface area contributed by atoms with Crippen molar-refractivity contribution in [2.24, 2.45) is 0 Å². The Kier molecular flexibility index (Phi) is 3.34. The first-order chi connectivity index (χ1) is 9.75. The topological polar surface area (TPSA) is 12.9 Å². The third-order valence-corrected chi connectivity index (χ3v) is 3.58. The van der Waals surface area contributed by atoms with Gasteiger partial charge in [0.25, 0.3) is 0 Å². The van der Waals surface area contributed by atoms with Crippen LogP contribution in [0.5, 0.6) is 0 Å². The molecule has 1 heteroatoms. The molecule has 0 radical (unpaired) electrons. The zero-order valence-corrected chi connectivity index (χ0v) is 11.8. The van der Waals surface area contributed by atoms with Gasteiger partial charge in [-0.2, -0.15) is 0 Å². The molecule has 20 heavy (non-hydrogen) atoms. The fraction of sp³-hybridized carbons (Fsp3) is 0.105. The number of aromatic nitrogens is 1. The minimum Gasteiger partial charge on any atom is -0.255 e. The highest BCUT2D eigenvalue weighted by Crippen LogP contribution is 2.27. The fourth-order valence-electron chi connectivity index (χ4n) is 2.52. The van der Waals surface area contributed by atoms with Gasteiger partial charge in [-0.25, -0.2) is 0 Å². The van der Waals surface area contributed by atoms with Crippen LogP contribution in [0.25, 0.3) is 22.4 Å². The zero-order valence-electron chi connectivity index (χ0n) is 11.8. The average Bonchev–Trinajstić information content (AvgIpc) is 2.48. The first-order valence-electron chi connectivity index (χ1n) is 6.84. The van der Waals surface area contributed by atoms with E-state index in [-0.39, 0.29) is 0 Å². The summed E-state index contributed by atoms with van der Waals surface area (Å²) in [6.07, 6.45) is 1.97. The summed E-state index contributed by atoms with van der Waals surface area (Å²) in [6, 6.07) is 21.0. The molecule has 0 amide bonds. The second-order valence-corrected chi connectivity index (χ2v) is 5.07. The fourth-order valence-corrected chi connectivity index (χ4v) is 2.52. The summed E-state index contributed by atoms with van der Waals surface area (Å²) in [5.74, 6) is 0. The molecule has 3 rings (SSSR count). The Morgan fingerprint density at radius 2 is 1.40 bits per heavy atom. The smallest absolute Gasteiger partial charge is 0.0731 e. The van der Waals surface area contributed by atoms with Crippen LogP contribution in [-0.4, -0.2) is 4.98 Å². The molecule has 0 aliphatic rings. The van der Waals surface area contributed by atoms with Crippen LogP contribution in [-0.2, 0) is 0 Å². The Bertz CT molecular complexity index is 730. The van der Waals surface area contributed by atoms with Crippen LogP contribution in [0.3, 0.4) is 0 Å². The van der Waals surface area contributed by atoms with Crippen molar-refractivity contribution in [2.75, 3.05) is 0 Å². The molecule has 98 valence electrons. The van der Waals surface area contributed by atoms with E-state index in [1.165, 1.54) is 27.8 Å². The predicted molar refractivity (Wildman–Crippen MR) is 84.6 cm³/mol. The van der Waals surface area contributed by atoms with Gasteiger partial charge < -0.3 is 0 Å². The van der Waals surface area contributed by atoms with E-state index < -0.39 is 0 Å². The molecule has 0 N–H and O–H groups in total. The molecule has 0 aliphatic carbocycles. The van der Waals surface area contributed by atoms with Gasteiger partial charge >= 0.3 is 0 Å². The summed E-state index contributed by atoms with van der Waals surface area (Å²) in [5, 5.41) is 0. The molecule has 0 aliphatic heterocycles. The van der Waals surface area contributed by atoms with Crippen LogP contribution < -0.4 is 0 Å². The number of hydrogen-bond acceptors (Lipinski definition) is 1. The Morgan fingerprint density at radius 1 is 0.700 bits per heavy atom. The summed E-state index contributed by atoms with van der Waals surface area (Å²) in [4.78, 5) is 4.67. The van der Waals surface area contributed by atoms with Crippen LogP contribution >= 0.6 is 0 Å². The van der Waals surface area contributed by atoms with Gasteiger partial charge in [-0.05, 0) is 36.6 Å². The lowest BCUT2D eigenvalue weighted by molar-refractivity contribution is 1.27. The SMILES string of the molecule is Cc1ccccc1-c1cnc(-c2ccccc2)c(C)c1. The molecule has 0 spiro atoms. The number of benzene rings is 2. The lowest BCUT2D eigenvalue weighted by Gasteiger charge is -2.10. The molecule has 1 heterocycles. The largest absolute Gasteiger partial charge is 0.255 e. The quantitative estimate of drug-likeness (QED) is 0.628. The maximum absolute atomic E-state index is 4.67. The van der Waals surface area contributed by atoms with Gasteiger partial charge in [0.1, 0.15) is 0 Å². The number of nitrogens with zero attached hydrogens (tertiary/aromatic N) is 1. The van der Waals surface area contributed by atoms with Gasteiger partial charge in [-0.1, -0.05) is 54.6 Å². The van der Waals surface area contributed by atoms with E-state index in [2.05, 4.69) is 61.3 Å². The van der Waals surface area contributed by atoms with Gasteiger partial charge in [0.15, 0.2) is 0 Å². The van der Waals surface area contributed by atoms with Crippen molar-refractivity contribution < 1.29 is 0 Å². The zero-order chi connectivity index (χ0) is 13.9. The summed E-state index contributed by atoms with van der Waals surface area (Å²) < 4.78 is 0. The van der Waals surface area contributed by atoms with Gasteiger partial charge in [0.2, 0.25) is 0 Å². The van der Waals surface area contributed by atoms with E-state index in [1.807, 2.05) is 24.4 Å². The monoisotopic (exact) mass is 259 g/mol. The van der Waals surface area contributed by atoms with E-state index in [9.17, 15) is 0 Å².